The highest BCUT2D eigenvalue weighted by Crippen LogP contribution is 2.40. The van der Waals surface area contributed by atoms with Gasteiger partial charge in [-0.3, -0.25) is 9.69 Å². The van der Waals surface area contributed by atoms with Crippen LogP contribution in [0.25, 0.3) is 10.2 Å². The van der Waals surface area contributed by atoms with Crippen LogP contribution in [0.4, 0.5) is 18.3 Å². The van der Waals surface area contributed by atoms with Crippen LogP contribution >= 0.6 is 23.7 Å². The number of thiazole rings is 1. The SMILES string of the molecule is CCN(CC)CCN(C(=O)c1ccc(C(F)(F)F)cc1)c1nc2c(OC)ccc(OC)c2s1.Cl. The summed E-state index contributed by atoms with van der Waals surface area (Å²) in [6.07, 6.45) is -4.47. The van der Waals surface area contributed by atoms with Gasteiger partial charge in [0.15, 0.2) is 5.13 Å². The Morgan fingerprint density at radius 3 is 2.09 bits per heavy atom. The van der Waals surface area contributed by atoms with Crippen molar-refractivity contribution in [3.8, 4) is 11.5 Å². The van der Waals surface area contributed by atoms with Gasteiger partial charge in [0.2, 0.25) is 0 Å². The van der Waals surface area contributed by atoms with Crippen LogP contribution in [0.1, 0.15) is 29.8 Å². The average Bonchev–Trinajstić information content (AvgIpc) is 3.25. The minimum Gasteiger partial charge on any atom is -0.495 e. The average molecular weight is 518 g/mol. The van der Waals surface area contributed by atoms with Crippen molar-refractivity contribution in [3.63, 3.8) is 0 Å². The van der Waals surface area contributed by atoms with E-state index < -0.39 is 17.6 Å². The van der Waals surface area contributed by atoms with Gasteiger partial charge in [-0.15, -0.1) is 12.4 Å². The fourth-order valence-corrected chi connectivity index (χ4v) is 4.51. The molecule has 1 aromatic heterocycles. The first kappa shape index (κ1) is 27.7. The monoisotopic (exact) mass is 517 g/mol. The van der Waals surface area contributed by atoms with Crippen molar-refractivity contribution < 1.29 is 27.4 Å². The summed E-state index contributed by atoms with van der Waals surface area (Å²) in [6, 6.07) is 7.73. The summed E-state index contributed by atoms with van der Waals surface area (Å²) < 4.78 is 50.5. The Labute approximate surface area is 206 Å². The van der Waals surface area contributed by atoms with E-state index in [1.807, 2.05) is 13.8 Å². The number of halogens is 4. The number of ether oxygens (including phenoxy) is 2. The van der Waals surface area contributed by atoms with Crippen LogP contribution in [-0.4, -0.2) is 56.2 Å². The van der Waals surface area contributed by atoms with Gasteiger partial charge >= 0.3 is 6.18 Å². The van der Waals surface area contributed by atoms with Gasteiger partial charge in [0.1, 0.15) is 21.7 Å². The molecule has 11 heteroatoms. The maximum atomic E-state index is 13.4. The van der Waals surface area contributed by atoms with Crippen molar-refractivity contribution in [1.82, 2.24) is 9.88 Å². The third-order valence-electron chi connectivity index (χ3n) is 5.37. The highest BCUT2D eigenvalue weighted by molar-refractivity contribution is 7.22. The number of hydrogen-bond donors (Lipinski definition) is 0. The van der Waals surface area contributed by atoms with Crippen LogP contribution in [0, 0.1) is 0 Å². The van der Waals surface area contributed by atoms with E-state index in [-0.39, 0.29) is 18.0 Å². The molecule has 2 aromatic carbocycles. The quantitative estimate of drug-likeness (QED) is 0.362. The van der Waals surface area contributed by atoms with E-state index >= 15 is 0 Å². The van der Waals surface area contributed by atoms with Crippen LogP contribution in [0.3, 0.4) is 0 Å². The van der Waals surface area contributed by atoms with E-state index in [0.29, 0.717) is 35.2 Å². The van der Waals surface area contributed by atoms with Crippen LogP contribution in [0.5, 0.6) is 11.5 Å². The largest absolute Gasteiger partial charge is 0.495 e. The molecule has 0 spiro atoms. The van der Waals surface area contributed by atoms with Crippen LogP contribution in [0.2, 0.25) is 0 Å². The molecule has 1 amide bonds. The summed E-state index contributed by atoms with van der Waals surface area (Å²) >= 11 is 1.27. The molecular formula is C23H27ClF3N3O3S. The standard InChI is InChI=1S/C23H26F3N3O3S.ClH/c1-5-28(6-2)13-14-29(21(30)15-7-9-16(10-8-15)23(24,25)26)22-27-19-17(31-3)11-12-18(32-4)20(19)33-22;/h7-12H,5-6,13-14H2,1-4H3;1H. The number of carbonyl (C=O) groups excluding carboxylic acids is 1. The lowest BCUT2D eigenvalue weighted by molar-refractivity contribution is -0.137. The summed E-state index contributed by atoms with van der Waals surface area (Å²) in [6.45, 7) is 6.58. The molecule has 0 bridgehead atoms. The first-order chi connectivity index (χ1) is 15.7. The fraction of sp³-hybridized carbons (Fsp3) is 0.391. The van der Waals surface area contributed by atoms with Crippen LogP contribution in [-0.2, 0) is 6.18 Å². The maximum absolute atomic E-state index is 13.4. The molecule has 3 aromatic rings. The summed E-state index contributed by atoms with van der Waals surface area (Å²) in [7, 11) is 3.08. The van der Waals surface area contributed by atoms with E-state index in [9.17, 15) is 18.0 Å². The number of alkyl halides is 3. The Hall–Kier alpha value is -2.56. The minimum atomic E-state index is -4.47. The second-order valence-corrected chi connectivity index (χ2v) is 8.18. The number of benzene rings is 2. The Bertz CT molecular complexity index is 1060. The molecule has 0 aliphatic carbocycles. The smallest absolute Gasteiger partial charge is 0.416 e. The van der Waals surface area contributed by atoms with E-state index in [0.717, 1.165) is 29.9 Å². The Morgan fingerprint density at radius 1 is 0.971 bits per heavy atom. The summed E-state index contributed by atoms with van der Waals surface area (Å²) in [5, 5.41) is 0.421. The van der Waals surface area contributed by atoms with E-state index in [1.54, 1.807) is 19.2 Å². The van der Waals surface area contributed by atoms with Gasteiger partial charge in [-0.25, -0.2) is 4.98 Å². The maximum Gasteiger partial charge on any atom is 0.416 e. The molecular weight excluding hydrogens is 491 g/mol. The van der Waals surface area contributed by atoms with Gasteiger partial charge in [-0.05, 0) is 49.5 Å². The molecule has 1 heterocycles. The van der Waals surface area contributed by atoms with Gasteiger partial charge in [-0.2, -0.15) is 13.2 Å². The molecule has 0 radical (unpaired) electrons. The lowest BCUT2D eigenvalue weighted by Gasteiger charge is -2.24. The van der Waals surface area contributed by atoms with Gasteiger partial charge in [0, 0.05) is 18.7 Å². The van der Waals surface area contributed by atoms with Gasteiger partial charge in [0.25, 0.3) is 5.91 Å². The highest BCUT2D eigenvalue weighted by atomic mass is 35.5. The number of aromatic nitrogens is 1. The lowest BCUT2D eigenvalue weighted by atomic mass is 10.1. The predicted molar refractivity (Wildman–Crippen MR) is 131 cm³/mol. The van der Waals surface area contributed by atoms with Crippen molar-refractivity contribution >= 4 is 45.0 Å². The summed E-state index contributed by atoms with van der Waals surface area (Å²) in [4.78, 5) is 21.7. The number of likely N-dealkylation sites (N-methyl/N-ethyl adjacent to an activating group) is 1. The van der Waals surface area contributed by atoms with Gasteiger partial charge in [0.05, 0.1) is 19.8 Å². The molecule has 0 fully saturated rings. The normalized spacial score (nSPS) is 11.4. The Kier molecular flexibility index (Phi) is 9.54. The van der Waals surface area contributed by atoms with Gasteiger partial charge in [-0.1, -0.05) is 25.2 Å². The first-order valence-electron chi connectivity index (χ1n) is 10.5. The molecule has 186 valence electrons. The highest BCUT2D eigenvalue weighted by Gasteiger charge is 2.31. The van der Waals surface area contributed by atoms with Gasteiger partial charge < -0.3 is 14.4 Å². The van der Waals surface area contributed by atoms with Crippen LogP contribution in [0.15, 0.2) is 36.4 Å². The van der Waals surface area contributed by atoms with Crippen molar-refractivity contribution in [2.75, 3.05) is 45.3 Å². The number of anilines is 1. The number of carbonyl (C=O) groups is 1. The number of rotatable bonds is 9. The van der Waals surface area contributed by atoms with E-state index in [4.69, 9.17) is 9.47 Å². The molecule has 0 saturated heterocycles. The topological polar surface area (TPSA) is 54.9 Å². The molecule has 0 atom stereocenters. The predicted octanol–water partition coefficient (Wildman–Crippen LogP) is 5.74. The first-order valence-corrected chi connectivity index (χ1v) is 11.3. The number of fused-ring (bicyclic) bond motifs is 1. The summed E-state index contributed by atoms with van der Waals surface area (Å²) in [5.74, 6) is 0.715. The number of methoxy groups -OCH3 is 2. The molecule has 0 aliphatic rings. The van der Waals surface area contributed by atoms with Crippen molar-refractivity contribution in [2.45, 2.75) is 20.0 Å². The molecule has 0 aliphatic heterocycles. The number of hydrogen-bond acceptors (Lipinski definition) is 6. The molecule has 0 unspecified atom stereocenters. The molecule has 0 saturated carbocycles. The Balaban J connectivity index is 0.00000408. The fourth-order valence-electron chi connectivity index (χ4n) is 3.41. The third-order valence-corrected chi connectivity index (χ3v) is 6.46. The summed E-state index contributed by atoms with van der Waals surface area (Å²) in [5.41, 5.74) is -0.0890. The van der Waals surface area contributed by atoms with Crippen LogP contribution < -0.4 is 14.4 Å². The molecule has 3 rings (SSSR count). The zero-order valence-electron chi connectivity index (χ0n) is 19.3. The second-order valence-electron chi connectivity index (χ2n) is 7.20. The van der Waals surface area contributed by atoms with Crippen molar-refractivity contribution in [1.29, 1.82) is 0 Å². The van der Waals surface area contributed by atoms with E-state index in [1.165, 1.54) is 35.5 Å². The zero-order chi connectivity index (χ0) is 24.2. The van der Waals surface area contributed by atoms with E-state index in [2.05, 4.69) is 9.88 Å². The zero-order valence-corrected chi connectivity index (χ0v) is 20.9. The molecule has 0 N–H and O–H groups in total. The second kappa shape index (κ2) is 11.7. The van der Waals surface area contributed by atoms with Crippen molar-refractivity contribution in [3.05, 3.63) is 47.5 Å². The third kappa shape index (κ3) is 5.92. The lowest BCUT2D eigenvalue weighted by Crippen LogP contribution is -2.38. The molecule has 6 nitrogen and oxygen atoms in total. The minimum absolute atomic E-state index is 0. The molecule has 34 heavy (non-hydrogen) atoms. The van der Waals surface area contributed by atoms with Crippen molar-refractivity contribution in [2.24, 2.45) is 0 Å². The number of nitrogens with zero attached hydrogens (tertiary/aromatic N) is 3. The number of amides is 1. The Morgan fingerprint density at radius 2 is 1.56 bits per heavy atom.